The van der Waals surface area contributed by atoms with E-state index in [1.807, 2.05) is 24.3 Å². The molecule has 0 radical (unpaired) electrons. The van der Waals surface area contributed by atoms with Crippen LogP contribution in [-0.2, 0) is 4.79 Å². The van der Waals surface area contributed by atoms with E-state index in [1.54, 1.807) is 7.05 Å². The van der Waals surface area contributed by atoms with Gasteiger partial charge in [0.25, 0.3) is 5.91 Å². The predicted octanol–water partition coefficient (Wildman–Crippen LogP) is 0.182. The van der Waals surface area contributed by atoms with Gasteiger partial charge in [-0.15, -0.1) is 0 Å². The molecule has 0 aromatic heterocycles. The van der Waals surface area contributed by atoms with Crippen molar-refractivity contribution >= 4 is 11.6 Å². The van der Waals surface area contributed by atoms with Gasteiger partial charge >= 0.3 is 0 Å². The molecule has 4 N–H and O–H groups in total. The highest BCUT2D eigenvalue weighted by Gasteiger charge is 1.99. The van der Waals surface area contributed by atoms with E-state index in [2.05, 4.69) is 10.6 Å². The Hall–Kier alpha value is -1.75. The third-order valence-electron chi connectivity index (χ3n) is 1.98. The van der Waals surface area contributed by atoms with Crippen LogP contribution in [0.15, 0.2) is 24.3 Å². The molecule has 1 aromatic rings. The second-order valence-electron chi connectivity index (χ2n) is 3.20. The largest absolute Gasteiger partial charge is 0.484 e. The number of benzene rings is 1. The molecule has 0 unspecified atom stereocenters. The number of nitrogens with one attached hydrogen (secondary N) is 2. The van der Waals surface area contributed by atoms with Crippen molar-refractivity contribution in [1.82, 2.24) is 5.32 Å². The molecule has 0 saturated carbocycles. The SMILES string of the molecule is CNC(=O)COc1ccc(NCCN)cc1. The van der Waals surface area contributed by atoms with Crippen molar-refractivity contribution < 1.29 is 9.53 Å². The molecule has 1 amide bonds. The first-order chi connectivity index (χ1) is 7.76. The summed E-state index contributed by atoms with van der Waals surface area (Å²) in [5.74, 6) is 0.521. The molecule has 16 heavy (non-hydrogen) atoms. The van der Waals surface area contributed by atoms with Crippen molar-refractivity contribution in [2.75, 3.05) is 32.1 Å². The Bertz CT molecular complexity index is 325. The molecule has 0 atom stereocenters. The predicted molar refractivity (Wildman–Crippen MR) is 63.5 cm³/mol. The lowest BCUT2D eigenvalue weighted by Gasteiger charge is -2.07. The fourth-order valence-corrected chi connectivity index (χ4v) is 1.11. The van der Waals surface area contributed by atoms with Gasteiger partial charge in [-0.1, -0.05) is 0 Å². The quantitative estimate of drug-likeness (QED) is 0.643. The summed E-state index contributed by atoms with van der Waals surface area (Å²) in [6.45, 7) is 1.36. The van der Waals surface area contributed by atoms with Gasteiger partial charge in [-0.3, -0.25) is 4.79 Å². The van der Waals surface area contributed by atoms with Crippen molar-refractivity contribution in [3.05, 3.63) is 24.3 Å². The van der Waals surface area contributed by atoms with Gasteiger partial charge in [0, 0.05) is 25.8 Å². The van der Waals surface area contributed by atoms with Gasteiger partial charge in [0.2, 0.25) is 0 Å². The number of ether oxygens (including phenoxy) is 1. The van der Waals surface area contributed by atoms with E-state index in [0.717, 1.165) is 12.2 Å². The maximum absolute atomic E-state index is 10.9. The van der Waals surface area contributed by atoms with Crippen LogP contribution in [-0.4, -0.2) is 32.7 Å². The molecule has 0 saturated heterocycles. The van der Waals surface area contributed by atoms with Gasteiger partial charge in [-0.05, 0) is 24.3 Å². The average molecular weight is 223 g/mol. The van der Waals surface area contributed by atoms with Crippen LogP contribution in [0, 0.1) is 0 Å². The maximum atomic E-state index is 10.9. The highest BCUT2D eigenvalue weighted by molar-refractivity contribution is 5.77. The normalized spacial score (nSPS) is 9.62. The van der Waals surface area contributed by atoms with Crippen LogP contribution in [0.5, 0.6) is 5.75 Å². The molecule has 88 valence electrons. The Morgan fingerprint density at radius 2 is 2.06 bits per heavy atom. The van der Waals surface area contributed by atoms with Crippen LogP contribution in [0.2, 0.25) is 0 Å². The lowest BCUT2D eigenvalue weighted by Crippen LogP contribution is -2.24. The average Bonchev–Trinajstić information content (AvgIpc) is 2.34. The zero-order valence-corrected chi connectivity index (χ0v) is 9.32. The number of rotatable bonds is 6. The molecule has 0 spiro atoms. The standard InChI is InChI=1S/C11H17N3O2/c1-13-11(15)8-16-10-4-2-9(3-5-10)14-7-6-12/h2-5,14H,6-8,12H2,1H3,(H,13,15). The van der Waals surface area contributed by atoms with E-state index in [1.165, 1.54) is 0 Å². The van der Waals surface area contributed by atoms with Gasteiger partial charge in [0.15, 0.2) is 6.61 Å². The minimum atomic E-state index is -0.148. The monoisotopic (exact) mass is 223 g/mol. The first-order valence-electron chi connectivity index (χ1n) is 5.13. The highest BCUT2D eigenvalue weighted by atomic mass is 16.5. The van der Waals surface area contributed by atoms with Crippen molar-refractivity contribution in [2.45, 2.75) is 0 Å². The fraction of sp³-hybridized carbons (Fsp3) is 0.364. The van der Waals surface area contributed by atoms with Gasteiger partial charge < -0.3 is 21.1 Å². The van der Waals surface area contributed by atoms with Crippen LogP contribution in [0.25, 0.3) is 0 Å². The number of hydrogen-bond acceptors (Lipinski definition) is 4. The molecule has 5 nitrogen and oxygen atoms in total. The van der Waals surface area contributed by atoms with E-state index in [0.29, 0.717) is 12.3 Å². The molecule has 1 rings (SSSR count). The molecule has 1 aromatic carbocycles. The molecular weight excluding hydrogens is 206 g/mol. The van der Waals surface area contributed by atoms with E-state index >= 15 is 0 Å². The van der Waals surface area contributed by atoms with Gasteiger partial charge in [0.1, 0.15) is 5.75 Å². The lowest BCUT2D eigenvalue weighted by molar-refractivity contribution is -0.122. The van der Waals surface area contributed by atoms with Crippen molar-refractivity contribution in [3.63, 3.8) is 0 Å². The number of carbonyl (C=O) groups is 1. The van der Waals surface area contributed by atoms with Crippen molar-refractivity contribution in [3.8, 4) is 5.75 Å². The summed E-state index contributed by atoms with van der Waals surface area (Å²) in [5, 5.41) is 5.62. The molecular formula is C11H17N3O2. The van der Waals surface area contributed by atoms with Crippen molar-refractivity contribution in [2.24, 2.45) is 5.73 Å². The number of amides is 1. The van der Waals surface area contributed by atoms with Crippen LogP contribution >= 0.6 is 0 Å². The summed E-state index contributed by atoms with van der Waals surface area (Å²) in [7, 11) is 1.57. The minimum Gasteiger partial charge on any atom is -0.484 e. The van der Waals surface area contributed by atoms with Gasteiger partial charge in [-0.2, -0.15) is 0 Å². The van der Waals surface area contributed by atoms with Crippen LogP contribution in [0.1, 0.15) is 0 Å². The Kier molecular flexibility index (Phi) is 5.15. The summed E-state index contributed by atoms with van der Waals surface area (Å²) in [4.78, 5) is 10.9. The third-order valence-corrected chi connectivity index (χ3v) is 1.98. The first-order valence-corrected chi connectivity index (χ1v) is 5.13. The maximum Gasteiger partial charge on any atom is 0.257 e. The Balaban J connectivity index is 2.41. The number of likely N-dealkylation sites (N-methyl/N-ethyl adjacent to an activating group) is 1. The van der Waals surface area contributed by atoms with E-state index < -0.39 is 0 Å². The molecule has 0 heterocycles. The first kappa shape index (κ1) is 12.3. The topological polar surface area (TPSA) is 76.4 Å². The molecule has 0 aliphatic carbocycles. The van der Waals surface area contributed by atoms with Crippen LogP contribution < -0.4 is 21.1 Å². The Labute approximate surface area is 95.0 Å². The molecule has 0 bridgehead atoms. The smallest absolute Gasteiger partial charge is 0.257 e. The zero-order chi connectivity index (χ0) is 11.8. The summed E-state index contributed by atoms with van der Waals surface area (Å²) in [5.41, 5.74) is 6.35. The number of hydrogen-bond donors (Lipinski definition) is 3. The summed E-state index contributed by atoms with van der Waals surface area (Å²) >= 11 is 0. The molecule has 0 fully saturated rings. The highest BCUT2D eigenvalue weighted by Crippen LogP contribution is 2.15. The molecule has 0 aliphatic heterocycles. The zero-order valence-electron chi connectivity index (χ0n) is 9.32. The summed E-state index contributed by atoms with van der Waals surface area (Å²) in [6.07, 6.45) is 0. The van der Waals surface area contributed by atoms with Crippen LogP contribution in [0.3, 0.4) is 0 Å². The molecule has 0 aliphatic rings. The summed E-state index contributed by atoms with van der Waals surface area (Å²) in [6, 6.07) is 7.38. The number of carbonyl (C=O) groups excluding carboxylic acids is 1. The van der Waals surface area contributed by atoms with E-state index in [-0.39, 0.29) is 12.5 Å². The second kappa shape index (κ2) is 6.68. The Morgan fingerprint density at radius 1 is 1.38 bits per heavy atom. The van der Waals surface area contributed by atoms with Gasteiger partial charge in [0.05, 0.1) is 0 Å². The summed E-state index contributed by atoms with van der Waals surface area (Å²) < 4.78 is 5.25. The van der Waals surface area contributed by atoms with E-state index in [9.17, 15) is 4.79 Å². The molecule has 5 heteroatoms. The van der Waals surface area contributed by atoms with E-state index in [4.69, 9.17) is 10.5 Å². The van der Waals surface area contributed by atoms with Gasteiger partial charge in [-0.25, -0.2) is 0 Å². The fourth-order valence-electron chi connectivity index (χ4n) is 1.11. The van der Waals surface area contributed by atoms with Crippen molar-refractivity contribution in [1.29, 1.82) is 0 Å². The Morgan fingerprint density at radius 3 is 2.62 bits per heavy atom. The third kappa shape index (κ3) is 4.18. The minimum absolute atomic E-state index is 0.0338. The lowest BCUT2D eigenvalue weighted by atomic mass is 10.3. The second-order valence-corrected chi connectivity index (χ2v) is 3.20. The van der Waals surface area contributed by atoms with Crippen LogP contribution in [0.4, 0.5) is 5.69 Å². The number of anilines is 1. The number of nitrogens with two attached hydrogens (primary N) is 1.